The Labute approximate surface area is 129 Å². The SMILES string of the molecule is NS(=O)(=O)c1cc2c(cc1Cl)NC(CCO[N+](=O)[O-])NS2. The number of halogens is 1. The van der Waals surface area contributed by atoms with E-state index in [-0.39, 0.29) is 22.7 Å². The van der Waals surface area contributed by atoms with Crippen molar-refractivity contribution in [2.24, 2.45) is 5.14 Å². The van der Waals surface area contributed by atoms with E-state index in [2.05, 4.69) is 14.9 Å². The van der Waals surface area contributed by atoms with Gasteiger partial charge in [-0.3, -0.25) is 0 Å². The summed E-state index contributed by atoms with van der Waals surface area (Å²) in [6.45, 7) is -0.0729. The van der Waals surface area contributed by atoms with Crippen LogP contribution in [0.3, 0.4) is 0 Å². The summed E-state index contributed by atoms with van der Waals surface area (Å²) in [4.78, 5) is 14.7. The second-order valence-corrected chi connectivity index (χ2v) is 6.90. The molecule has 12 heteroatoms. The lowest BCUT2D eigenvalue weighted by Gasteiger charge is -2.27. The molecule has 1 heterocycles. The van der Waals surface area contributed by atoms with Gasteiger partial charge in [-0.2, -0.15) is 0 Å². The highest BCUT2D eigenvalue weighted by molar-refractivity contribution is 7.97. The van der Waals surface area contributed by atoms with Crippen LogP contribution >= 0.6 is 23.5 Å². The lowest BCUT2D eigenvalue weighted by atomic mass is 10.3. The molecule has 0 fully saturated rings. The van der Waals surface area contributed by atoms with Crippen molar-refractivity contribution in [2.45, 2.75) is 22.4 Å². The molecule has 1 aliphatic heterocycles. The molecule has 1 aromatic rings. The van der Waals surface area contributed by atoms with E-state index in [0.29, 0.717) is 17.0 Å². The Kier molecular flexibility index (Phi) is 4.78. The maximum absolute atomic E-state index is 11.4. The zero-order valence-corrected chi connectivity index (χ0v) is 12.8. The van der Waals surface area contributed by atoms with Gasteiger partial charge in [-0.05, 0) is 24.1 Å². The Balaban J connectivity index is 2.12. The molecular formula is C9H11ClN4O5S2. The van der Waals surface area contributed by atoms with E-state index in [0.717, 1.165) is 0 Å². The molecule has 0 spiro atoms. The highest BCUT2D eigenvalue weighted by Crippen LogP contribution is 2.36. The summed E-state index contributed by atoms with van der Waals surface area (Å²) in [5, 5.41) is 17.3. The van der Waals surface area contributed by atoms with Gasteiger partial charge >= 0.3 is 0 Å². The van der Waals surface area contributed by atoms with Gasteiger partial charge in [-0.15, -0.1) is 10.1 Å². The number of nitrogens with zero attached hydrogens (tertiary/aromatic N) is 1. The molecule has 0 saturated carbocycles. The summed E-state index contributed by atoms with van der Waals surface area (Å²) in [5.41, 5.74) is 0.613. The summed E-state index contributed by atoms with van der Waals surface area (Å²) < 4.78 is 25.7. The molecule has 9 nitrogen and oxygen atoms in total. The van der Waals surface area contributed by atoms with Crippen LogP contribution in [0.25, 0.3) is 0 Å². The summed E-state index contributed by atoms with van der Waals surface area (Å²) in [7, 11) is -3.90. The third-order valence-corrected chi connectivity index (χ3v) is 4.92. The third-order valence-electron chi connectivity index (χ3n) is 2.58. The third kappa shape index (κ3) is 4.11. The van der Waals surface area contributed by atoms with Crippen molar-refractivity contribution in [3.63, 3.8) is 0 Å². The van der Waals surface area contributed by atoms with Crippen molar-refractivity contribution < 1.29 is 18.3 Å². The first-order valence-electron chi connectivity index (χ1n) is 5.60. The largest absolute Gasteiger partial charge is 0.368 e. The summed E-state index contributed by atoms with van der Waals surface area (Å²) in [6, 6.07) is 2.81. The number of primary sulfonamides is 1. The number of nitrogens with two attached hydrogens (primary N) is 1. The van der Waals surface area contributed by atoms with Gasteiger partial charge in [0.25, 0.3) is 5.09 Å². The van der Waals surface area contributed by atoms with Crippen LogP contribution in [0.5, 0.6) is 0 Å². The number of sulfonamides is 1. The van der Waals surface area contributed by atoms with Crippen LogP contribution in [0.2, 0.25) is 5.02 Å². The second kappa shape index (κ2) is 6.23. The molecule has 0 bridgehead atoms. The average Bonchev–Trinajstić information content (AvgIpc) is 2.36. The van der Waals surface area contributed by atoms with E-state index in [1.54, 1.807) is 0 Å². The average molecular weight is 355 g/mol. The van der Waals surface area contributed by atoms with E-state index >= 15 is 0 Å². The minimum Gasteiger partial charge on any atom is -0.368 e. The molecular weight excluding hydrogens is 344 g/mol. The molecule has 116 valence electrons. The zero-order valence-electron chi connectivity index (χ0n) is 10.4. The van der Waals surface area contributed by atoms with Crippen molar-refractivity contribution in [1.29, 1.82) is 0 Å². The summed E-state index contributed by atoms with van der Waals surface area (Å²) in [5.74, 6) is 0. The first kappa shape index (κ1) is 16.1. The van der Waals surface area contributed by atoms with Crippen LogP contribution in [0.15, 0.2) is 21.9 Å². The number of hydrogen-bond acceptors (Lipinski definition) is 8. The van der Waals surface area contributed by atoms with E-state index in [9.17, 15) is 18.5 Å². The molecule has 0 aromatic heterocycles. The van der Waals surface area contributed by atoms with Crippen molar-refractivity contribution in [1.82, 2.24) is 4.72 Å². The Bertz CT molecular complexity index is 668. The standard InChI is InChI=1S/C9H11ClN4O5S2/c10-5-3-6-7(4-8(5)21(11,17)18)20-13-9(12-6)1-2-19-14(15)16/h3-4,9,12-13H,1-2H2,(H2,11,17,18). The van der Waals surface area contributed by atoms with Gasteiger partial charge in [0.1, 0.15) is 4.90 Å². The molecule has 21 heavy (non-hydrogen) atoms. The number of anilines is 1. The lowest BCUT2D eigenvalue weighted by molar-refractivity contribution is -0.757. The van der Waals surface area contributed by atoms with E-state index < -0.39 is 15.1 Å². The molecule has 0 amide bonds. The first-order chi connectivity index (χ1) is 9.77. The normalized spacial score (nSPS) is 17.7. The maximum Gasteiger partial charge on any atom is 0.294 e. The van der Waals surface area contributed by atoms with Crippen LogP contribution in [0.1, 0.15) is 6.42 Å². The molecule has 0 saturated heterocycles. The zero-order chi connectivity index (χ0) is 15.6. The van der Waals surface area contributed by atoms with Gasteiger partial charge in [-0.25, -0.2) is 18.3 Å². The Morgan fingerprint density at radius 1 is 1.52 bits per heavy atom. The van der Waals surface area contributed by atoms with Crippen LogP contribution in [0, 0.1) is 10.1 Å². The predicted octanol–water partition coefficient (Wildman–Crippen LogP) is 0.934. The van der Waals surface area contributed by atoms with Crippen LogP contribution in [-0.2, 0) is 14.9 Å². The summed E-state index contributed by atoms with van der Waals surface area (Å²) >= 11 is 7.07. The molecule has 1 aliphatic rings. The molecule has 1 atom stereocenters. The predicted molar refractivity (Wildman–Crippen MR) is 76.8 cm³/mol. The van der Waals surface area contributed by atoms with Gasteiger partial charge in [0.15, 0.2) is 0 Å². The monoisotopic (exact) mass is 354 g/mol. The van der Waals surface area contributed by atoms with Crippen molar-refractivity contribution in [3.8, 4) is 0 Å². The number of rotatable bonds is 5. The van der Waals surface area contributed by atoms with Crippen molar-refractivity contribution >= 4 is 39.3 Å². The van der Waals surface area contributed by atoms with Gasteiger partial charge in [0.2, 0.25) is 10.0 Å². The summed E-state index contributed by atoms with van der Waals surface area (Å²) in [6.07, 6.45) is 0.0565. The number of hydrogen-bond donors (Lipinski definition) is 3. The molecule has 0 aliphatic carbocycles. The van der Waals surface area contributed by atoms with Gasteiger partial charge in [0, 0.05) is 11.3 Å². The Hall–Kier alpha value is -1.27. The fraction of sp³-hybridized carbons (Fsp3) is 0.333. The highest BCUT2D eigenvalue weighted by Gasteiger charge is 2.22. The van der Waals surface area contributed by atoms with E-state index in [4.69, 9.17) is 16.7 Å². The first-order valence-corrected chi connectivity index (χ1v) is 8.34. The van der Waals surface area contributed by atoms with Crippen molar-refractivity contribution in [2.75, 3.05) is 11.9 Å². The molecule has 0 radical (unpaired) electrons. The Morgan fingerprint density at radius 2 is 2.24 bits per heavy atom. The van der Waals surface area contributed by atoms with Crippen LogP contribution in [-0.4, -0.2) is 26.3 Å². The second-order valence-electron chi connectivity index (χ2n) is 4.09. The smallest absolute Gasteiger partial charge is 0.294 e. The fourth-order valence-corrected chi connectivity index (χ4v) is 3.70. The maximum atomic E-state index is 11.4. The van der Waals surface area contributed by atoms with Crippen LogP contribution in [0.4, 0.5) is 5.69 Å². The highest BCUT2D eigenvalue weighted by atomic mass is 35.5. The molecule has 4 N–H and O–H groups in total. The minimum atomic E-state index is -3.90. The Morgan fingerprint density at radius 3 is 2.86 bits per heavy atom. The van der Waals surface area contributed by atoms with Crippen molar-refractivity contribution in [3.05, 3.63) is 27.3 Å². The topological polar surface area (TPSA) is 137 Å². The minimum absolute atomic E-state index is 0.00606. The van der Waals surface area contributed by atoms with E-state index in [1.807, 2.05) is 0 Å². The number of benzene rings is 1. The van der Waals surface area contributed by atoms with Crippen LogP contribution < -0.4 is 15.2 Å². The fourth-order valence-electron chi connectivity index (χ4n) is 1.68. The van der Waals surface area contributed by atoms with E-state index in [1.165, 1.54) is 24.1 Å². The van der Waals surface area contributed by atoms with Gasteiger partial charge in [0.05, 0.1) is 23.5 Å². The van der Waals surface area contributed by atoms with Gasteiger partial charge in [-0.1, -0.05) is 11.6 Å². The quantitative estimate of drug-likeness (QED) is 0.403. The van der Waals surface area contributed by atoms with Gasteiger partial charge < -0.3 is 10.2 Å². The number of fused-ring (bicyclic) bond motifs is 1. The molecule has 1 unspecified atom stereocenters. The lowest BCUT2D eigenvalue weighted by Crippen LogP contribution is -2.36. The number of nitrogens with one attached hydrogen (secondary N) is 2. The molecule has 2 rings (SSSR count). The molecule has 1 aromatic carbocycles.